The standard InChI is InChI=1S/C24H25N7O7/c1-25-18-6-4-14(12-16(18)23(33)34)37-10-2-3-11-38-15-5-7-19(17(13-15)24(35)36)26-22(32)20-8-9-21-27-29-30-31(21)28-20/h4-9,12-13,25,29-30H,2-3,10-11H2,1H3,(H,26,32)(H,33,34)(H,35,36). The zero-order valence-corrected chi connectivity index (χ0v) is 20.2. The average molecular weight is 524 g/mol. The highest BCUT2D eigenvalue weighted by Crippen LogP contribution is 2.24. The summed E-state index contributed by atoms with van der Waals surface area (Å²) in [5, 5.41) is 33.5. The first-order valence-corrected chi connectivity index (χ1v) is 11.5. The summed E-state index contributed by atoms with van der Waals surface area (Å²) in [6.45, 7) is 0.650. The Morgan fingerprint density at radius 2 is 1.53 bits per heavy atom. The molecule has 2 aliphatic rings. The third-order valence-corrected chi connectivity index (χ3v) is 5.41. The van der Waals surface area contributed by atoms with E-state index in [1.807, 2.05) is 0 Å². The van der Waals surface area contributed by atoms with E-state index in [0.717, 1.165) is 0 Å². The highest BCUT2D eigenvalue weighted by atomic mass is 16.5. The normalized spacial score (nSPS) is 13.6. The van der Waals surface area contributed by atoms with Crippen molar-refractivity contribution >= 4 is 40.8 Å². The highest BCUT2D eigenvalue weighted by molar-refractivity contribution is 6.48. The lowest BCUT2D eigenvalue weighted by Crippen LogP contribution is -2.40. The molecule has 0 aliphatic carbocycles. The van der Waals surface area contributed by atoms with Crippen LogP contribution >= 0.6 is 0 Å². The average Bonchev–Trinajstić information content (AvgIpc) is 3.39. The first-order chi connectivity index (χ1) is 18.4. The van der Waals surface area contributed by atoms with E-state index in [-0.39, 0.29) is 22.5 Å². The number of benzene rings is 2. The molecule has 14 heteroatoms. The van der Waals surface area contributed by atoms with E-state index in [1.165, 1.54) is 29.4 Å². The van der Waals surface area contributed by atoms with Crippen LogP contribution in [-0.2, 0) is 4.79 Å². The summed E-state index contributed by atoms with van der Waals surface area (Å²) in [5.41, 5.74) is 5.74. The van der Waals surface area contributed by atoms with Crippen molar-refractivity contribution in [2.45, 2.75) is 12.8 Å². The van der Waals surface area contributed by atoms with Crippen molar-refractivity contribution in [3.63, 3.8) is 0 Å². The van der Waals surface area contributed by atoms with Crippen LogP contribution in [0.1, 0.15) is 33.6 Å². The van der Waals surface area contributed by atoms with Crippen LogP contribution in [0.2, 0.25) is 0 Å². The predicted molar refractivity (Wildman–Crippen MR) is 137 cm³/mol. The predicted octanol–water partition coefficient (Wildman–Crippen LogP) is 1.87. The maximum atomic E-state index is 12.6. The molecule has 0 fully saturated rings. The minimum Gasteiger partial charge on any atom is -0.494 e. The van der Waals surface area contributed by atoms with Gasteiger partial charge in [0.05, 0.1) is 30.0 Å². The van der Waals surface area contributed by atoms with Gasteiger partial charge in [0, 0.05) is 12.7 Å². The van der Waals surface area contributed by atoms with Crippen LogP contribution in [0.25, 0.3) is 0 Å². The van der Waals surface area contributed by atoms with Gasteiger partial charge in [-0.25, -0.2) is 15.1 Å². The molecular weight excluding hydrogens is 498 g/mol. The third-order valence-electron chi connectivity index (χ3n) is 5.41. The Balaban J connectivity index is 1.26. The lowest BCUT2D eigenvalue weighted by atomic mass is 10.1. The van der Waals surface area contributed by atoms with Gasteiger partial charge in [0.15, 0.2) is 11.5 Å². The molecular formula is C24H25N7O7. The van der Waals surface area contributed by atoms with Gasteiger partial charge in [0.1, 0.15) is 11.5 Å². The zero-order chi connectivity index (χ0) is 27.1. The van der Waals surface area contributed by atoms with Crippen molar-refractivity contribution in [2.24, 2.45) is 10.2 Å². The smallest absolute Gasteiger partial charge is 0.337 e. The summed E-state index contributed by atoms with van der Waals surface area (Å²) in [6.07, 6.45) is 4.27. The molecule has 38 heavy (non-hydrogen) atoms. The number of carbonyl (C=O) groups is 3. The number of nitrogens with zero attached hydrogens (tertiary/aromatic N) is 3. The fraction of sp³-hybridized carbons (Fsp3) is 0.208. The lowest BCUT2D eigenvalue weighted by Gasteiger charge is -2.16. The Kier molecular flexibility index (Phi) is 8.03. The van der Waals surface area contributed by atoms with Crippen molar-refractivity contribution in [2.75, 3.05) is 30.9 Å². The van der Waals surface area contributed by atoms with Gasteiger partial charge in [-0.1, -0.05) is 0 Å². The molecule has 0 saturated carbocycles. The largest absolute Gasteiger partial charge is 0.494 e. The van der Waals surface area contributed by atoms with Gasteiger partial charge in [0.2, 0.25) is 0 Å². The molecule has 0 spiro atoms. The SMILES string of the molecule is CNc1ccc(OCCCCOc2ccc(NC(=O)C3=NN4NNN=C4C=C3)c(C(=O)O)c2)cc1C(=O)O. The molecule has 0 bridgehead atoms. The Morgan fingerprint density at radius 1 is 0.921 bits per heavy atom. The molecule has 2 aliphatic heterocycles. The van der Waals surface area contributed by atoms with E-state index < -0.39 is 17.8 Å². The van der Waals surface area contributed by atoms with E-state index in [9.17, 15) is 24.6 Å². The molecule has 14 nitrogen and oxygen atoms in total. The van der Waals surface area contributed by atoms with Crippen LogP contribution < -0.4 is 31.2 Å². The number of hydrazine groups is 2. The maximum Gasteiger partial charge on any atom is 0.337 e. The molecule has 0 aromatic heterocycles. The van der Waals surface area contributed by atoms with Crippen molar-refractivity contribution in [3.8, 4) is 11.5 Å². The number of carbonyl (C=O) groups excluding carboxylic acids is 1. The van der Waals surface area contributed by atoms with Crippen LogP contribution in [-0.4, -0.2) is 65.0 Å². The monoisotopic (exact) mass is 523 g/mol. The number of anilines is 2. The Morgan fingerprint density at radius 3 is 2.13 bits per heavy atom. The van der Waals surface area contributed by atoms with E-state index in [2.05, 4.69) is 31.9 Å². The summed E-state index contributed by atoms with van der Waals surface area (Å²) < 4.78 is 11.3. The van der Waals surface area contributed by atoms with Gasteiger partial charge in [-0.05, 0) is 61.4 Å². The van der Waals surface area contributed by atoms with Gasteiger partial charge in [-0.2, -0.15) is 5.12 Å². The first kappa shape index (κ1) is 26.0. The topological polar surface area (TPSA) is 186 Å². The van der Waals surface area contributed by atoms with Crippen molar-refractivity contribution in [1.29, 1.82) is 0 Å². The Bertz CT molecular complexity index is 1340. The summed E-state index contributed by atoms with van der Waals surface area (Å²) in [6, 6.07) is 9.13. The van der Waals surface area contributed by atoms with E-state index in [0.29, 0.717) is 49.1 Å². The van der Waals surface area contributed by atoms with Crippen LogP contribution in [0.5, 0.6) is 11.5 Å². The van der Waals surface area contributed by atoms with E-state index in [4.69, 9.17) is 9.47 Å². The van der Waals surface area contributed by atoms with Crippen LogP contribution in [0.15, 0.2) is 58.8 Å². The van der Waals surface area contributed by atoms with Gasteiger partial charge >= 0.3 is 11.9 Å². The minimum absolute atomic E-state index is 0.0520. The molecule has 2 aromatic carbocycles. The Hall–Kier alpha value is -5.11. The van der Waals surface area contributed by atoms with E-state index in [1.54, 1.807) is 31.3 Å². The number of hydrogen-bond acceptors (Lipinski definition) is 11. The van der Waals surface area contributed by atoms with Gasteiger partial charge in [0.25, 0.3) is 5.91 Å². The first-order valence-electron chi connectivity index (χ1n) is 11.5. The number of nitrogens with one attached hydrogen (secondary N) is 4. The summed E-state index contributed by atoms with van der Waals surface area (Å²) in [4.78, 5) is 35.7. The number of hydrogen-bond donors (Lipinski definition) is 6. The molecule has 2 heterocycles. The van der Waals surface area contributed by atoms with Crippen LogP contribution in [0, 0.1) is 0 Å². The summed E-state index contributed by atoms with van der Waals surface area (Å²) >= 11 is 0. The van der Waals surface area contributed by atoms with Crippen LogP contribution in [0.4, 0.5) is 11.4 Å². The second-order valence-electron chi connectivity index (χ2n) is 7.96. The van der Waals surface area contributed by atoms with Crippen LogP contribution in [0.3, 0.4) is 0 Å². The van der Waals surface area contributed by atoms with Gasteiger partial charge in [-0.15, -0.1) is 15.7 Å². The van der Waals surface area contributed by atoms with Gasteiger partial charge < -0.3 is 30.3 Å². The van der Waals surface area contributed by atoms with Crippen molar-refractivity contribution < 1.29 is 34.1 Å². The molecule has 2 aromatic rings. The molecule has 0 saturated heterocycles. The number of amidine groups is 1. The Labute approximate surface area is 216 Å². The van der Waals surface area contributed by atoms with Crippen molar-refractivity contribution in [1.82, 2.24) is 16.2 Å². The number of ether oxygens (including phenoxy) is 2. The lowest BCUT2D eigenvalue weighted by molar-refractivity contribution is -0.110. The van der Waals surface area contributed by atoms with Gasteiger partial charge in [-0.3, -0.25) is 4.79 Å². The number of carboxylic acid groups (broad SMARTS) is 2. The quantitative estimate of drug-likeness (QED) is 0.223. The number of rotatable bonds is 12. The highest BCUT2D eigenvalue weighted by Gasteiger charge is 2.23. The zero-order valence-electron chi connectivity index (χ0n) is 20.2. The summed E-state index contributed by atoms with van der Waals surface area (Å²) in [5.74, 6) is -1.63. The maximum absolute atomic E-state index is 12.6. The third kappa shape index (κ3) is 6.17. The molecule has 1 amide bonds. The fourth-order valence-electron chi connectivity index (χ4n) is 3.51. The molecule has 4 rings (SSSR count). The molecule has 198 valence electrons. The molecule has 0 unspecified atom stereocenters. The second kappa shape index (κ2) is 11.7. The van der Waals surface area contributed by atoms with Crippen molar-refractivity contribution in [3.05, 3.63) is 59.7 Å². The number of hydrazone groups is 2. The summed E-state index contributed by atoms with van der Waals surface area (Å²) in [7, 11) is 1.64. The fourth-order valence-corrected chi connectivity index (χ4v) is 3.51. The second-order valence-corrected chi connectivity index (χ2v) is 7.96. The number of carboxylic acids is 2. The number of amides is 1. The minimum atomic E-state index is -1.23. The number of fused-ring (bicyclic) bond motifs is 1. The number of aromatic carboxylic acids is 2. The molecule has 0 atom stereocenters. The van der Waals surface area contributed by atoms with E-state index >= 15 is 0 Å². The number of unbranched alkanes of at least 4 members (excludes halogenated alkanes) is 1. The molecule has 6 N–H and O–H groups in total. The molecule has 0 radical (unpaired) electrons.